The van der Waals surface area contributed by atoms with Crippen LogP contribution in [0.1, 0.15) is 59.8 Å². The Hall–Kier alpha value is -0.570. The normalized spacial score (nSPS) is 29.1. The third-order valence-corrected chi connectivity index (χ3v) is 5.64. The first kappa shape index (κ1) is 15.8. The maximum atomic E-state index is 12.6. The van der Waals surface area contributed by atoms with E-state index in [1.807, 2.05) is 0 Å². The monoisotopic (exact) mass is 280 g/mol. The third-order valence-electron chi connectivity index (χ3n) is 5.64. The van der Waals surface area contributed by atoms with Gasteiger partial charge in [-0.05, 0) is 38.6 Å². The quantitative estimate of drug-likeness (QED) is 0.698. The molecule has 0 radical (unpaired) electrons. The van der Waals surface area contributed by atoms with E-state index in [0.717, 1.165) is 31.8 Å². The zero-order chi connectivity index (χ0) is 14.8. The van der Waals surface area contributed by atoms with Gasteiger partial charge in [-0.15, -0.1) is 0 Å². The van der Waals surface area contributed by atoms with Crippen molar-refractivity contribution in [3.63, 3.8) is 0 Å². The van der Waals surface area contributed by atoms with Crippen LogP contribution in [0.15, 0.2) is 0 Å². The van der Waals surface area contributed by atoms with Crippen molar-refractivity contribution >= 4 is 5.91 Å². The Balaban J connectivity index is 1.93. The van der Waals surface area contributed by atoms with Crippen LogP contribution < -0.4 is 0 Å². The Morgan fingerprint density at radius 2 is 1.85 bits per heavy atom. The predicted molar refractivity (Wildman–Crippen MR) is 83.6 cm³/mol. The second kappa shape index (κ2) is 6.46. The minimum atomic E-state index is -0.0201. The molecule has 3 heteroatoms. The smallest absolute Gasteiger partial charge is 0.232 e. The number of amides is 1. The van der Waals surface area contributed by atoms with E-state index in [1.54, 1.807) is 0 Å². The molecule has 2 atom stereocenters. The molecule has 0 saturated carbocycles. The molecule has 2 saturated heterocycles. The van der Waals surface area contributed by atoms with E-state index >= 15 is 0 Å². The lowest BCUT2D eigenvalue weighted by Gasteiger charge is -2.55. The molecule has 20 heavy (non-hydrogen) atoms. The Kier molecular flexibility index (Phi) is 5.11. The molecule has 3 nitrogen and oxygen atoms in total. The van der Waals surface area contributed by atoms with Gasteiger partial charge in [-0.25, -0.2) is 0 Å². The number of β-lactam (4-membered cyclic amide) rings is 1. The van der Waals surface area contributed by atoms with Crippen LogP contribution in [0.25, 0.3) is 0 Å². The van der Waals surface area contributed by atoms with Crippen LogP contribution >= 0.6 is 0 Å². The zero-order valence-corrected chi connectivity index (χ0v) is 13.8. The van der Waals surface area contributed by atoms with Crippen molar-refractivity contribution in [1.29, 1.82) is 0 Å². The Bertz CT molecular complexity index is 340. The summed E-state index contributed by atoms with van der Waals surface area (Å²) in [7, 11) is 0. The summed E-state index contributed by atoms with van der Waals surface area (Å²) in [5, 5.41) is 0. The molecule has 2 heterocycles. The number of carbonyl (C=O) groups is 1. The number of carbonyl (C=O) groups excluding carboxylic acids is 1. The molecular formula is C17H32N2O. The van der Waals surface area contributed by atoms with E-state index < -0.39 is 0 Å². The van der Waals surface area contributed by atoms with Crippen LogP contribution in [0, 0.1) is 11.3 Å². The van der Waals surface area contributed by atoms with Gasteiger partial charge < -0.3 is 9.80 Å². The van der Waals surface area contributed by atoms with Gasteiger partial charge >= 0.3 is 0 Å². The van der Waals surface area contributed by atoms with Gasteiger partial charge in [0.05, 0.1) is 5.41 Å². The average Bonchev–Trinajstić information content (AvgIpc) is 2.49. The van der Waals surface area contributed by atoms with E-state index in [1.165, 1.54) is 32.4 Å². The summed E-state index contributed by atoms with van der Waals surface area (Å²) in [6.07, 6.45) is 5.89. The first-order valence-electron chi connectivity index (χ1n) is 8.59. The molecule has 2 aliphatic heterocycles. The van der Waals surface area contributed by atoms with Gasteiger partial charge in [0.1, 0.15) is 0 Å². The Morgan fingerprint density at radius 3 is 2.40 bits per heavy atom. The lowest BCUT2D eigenvalue weighted by Crippen LogP contribution is -2.68. The average molecular weight is 280 g/mol. The van der Waals surface area contributed by atoms with Crippen molar-refractivity contribution in [1.82, 2.24) is 9.80 Å². The first-order chi connectivity index (χ1) is 9.56. The number of rotatable bonds is 6. The van der Waals surface area contributed by atoms with Gasteiger partial charge in [0.15, 0.2) is 0 Å². The standard InChI is InChI=1S/C17H32N2O/c1-5-14(4)19-13-17(16(19)20)9-8-10-18(12-17)11-15(6-2)7-3/h14-15H,5-13H2,1-4H3/t14-,17+/m1/s1. The number of nitrogens with zero attached hydrogens (tertiary/aromatic N) is 2. The maximum absolute atomic E-state index is 12.6. The molecule has 0 aliphatic carbocycles. The van der Waals surface area contributed by atoms with Gasteiger partial charge in [0.2, 0.25) is 5.91 Å². The van der Waals surface area contributed by atoms with Crippen LogP contribution in [0.4, 0.5) is 0 Å². The lowest BCUT2D eigenvalue weighted by atomic mass is 9.71. The molecular weight excluding hydrogens is 248 g/mol. The topological polar surface area (TPSA) is 23.6 Å². The van der Waals surface area contributed by atoms with Gasteiger partial charge in [-0.3, -0.25) is 4.79 Å². The van der Waals surface area contributed by atoms with Crippen molar-refractivity contribution in [3.8, 4) is 0 Å². The molecule has 0 aromatic heterocycles. The highest BCUT2D eigenvalue weighted by atomic mass is 16.2. The third kappa shape index (κ3) is 2.88. The molecule has 0 aromatic rings. The molecule has 2 aliphatic rings. The van der Waals surface area contributed by atoms with E-state index in [0.29, 0.717) is 11.9 Å². The maximum Gasteiger partial charge on any atom is 0.232 e. The highest BCUT2D eigenvalue weighted by Crippen LogP contribution is 2.41. The van der Waals surface area contributed by atoms with E-state index in [2.05, 4.69) is 37.5 Å². The van der Waals surface area contributed by atoms with Crippen molar-refractivity contribution in [2.45, 2.75) is 65.8 Å². The molecule has 1 amide bonds. The van der Waals surface area contributed by atoms with Crippen LogP contribution in [-0.4, -0.2) is 47.9 Å². The first-order valence-corrected chi connectivity index (χ1v) is 8.59. The molecule has 2 rings (SSSR count). The highest BCUT2D eigenvalue weighted by Gasteiger charge is 2.54. The molecule has 116 valence electrons. The summed E-state index contributed by atoms with van der Waals surface area (Å²) in [6, 6.07) is 0.419. The molecule has 0 unspecified atom stereocenters. The number of hydrogen-bond acceptors (Lipinski definition) is 2. The van der Waals surface area contributed by atoms with Crippen LogP contribution in [0.2, 0.25) is 0 Å². The number of hydrogen-bond donors (Lipinski definition) is 0. The van der Waals surface area contributed by atoms with Crippen molar-refractivity contribution in [3.05, 3.63) is 0 Å². The number of piperidine rings is 1. The van der Waals surface area contributed by atoms with Crippen LogP contribution in [0.3, 0.4) is 0 Å². The van der Waals surface area contributed by atoms with Gasteiger partial charge in [-0.2, -0.15) is 0 Å². The Labute approximate surface area is 124 Å². The largest absolute Gasteiger partial charge is 0.338 e. The summed E-state index contributed by atoms with van der Waals surface area (Å²) in [6.45, 7) is 13.3. The summed E-state index contributed by atoms with van der Waals surface area (Å²) in [5.41, 5.74) is -0.0201. The SMILES string of the molecule is CCC(CC)CN1CCC[C@]2(C1)CN([C@H](C)CC)C2=O. The highest BCUT2D eigenvalue weighted by molar-refractivity contribution is 5.89. The minimum absolute atomic E-state index is 0.0201. The molecule has 2 fully saturated rings. The second-order valence-corrected chi connectivity index (χ2v) is 6.99. The number of likely N-dealkylation sites (tertiary alicyclic amines) is 2. The summed E-state index contributed by atoms with van der Waals surface area (Å²) < 4.78 is 0. The predicted octanol–water partition coefficient (Wildman–Crippen LogP) is 3.15. The van der Waals surface area contributed by atoms with Crippen LogP contribution in [0.5, 0.6) is 0 Å². The summed E-state index contributed by atoms with van der Waals surface area (Å²) >= 11 is 0. The molecule has 0 aromatic carbocycles. The second-order valence-electron chi connectivity index (χ2n) is 6.99. The molecule has 1 spiro atoms. The minimum Gasteiger partial charge on any atom is -0.338 e. The van der Waals surface area contributed by atoms with Crippen molar-refractivity contribution < 1.29 is 4.79 Å². The molecule has 0 bridgehead atoms. The Morgan fingerprint density at radius 1 is 1.15 bits per heavy atom. The van der Waals surface area contributed by atoms with E-state index in [4.69, 9.17) is 0 Å². The molecule has 0 N–H and O–H groups in total. The fourth-order valence-electron chi connectivity index (χ4n) is 3.85. The summed E-state index contributed by atoms with van der Waals surface area (Å²) in [5.74, 6) is 1.23. The van der Waals surface area contributed by atoms with Crippen molar-refractivity contribution in [2.24, 2.45) is 11.3 Å². The van der Waals surface area contributed by atoms with Crippen molar-refractivity contribution in [2.75, 3.05) is 26.2 Å². The fraction of sp³-hybridized carbons (Fsp3) is 0.941. The van der Waals surface area contributed by atoms with E-state index in [-0.39, 0.29) is 5.41 Å². The van der Waals surface area contributed by atoms with Gasteiger partial charge in [-0.1, -0.05) is 33.6 Å². The lowest BCUT2D eigenvalue weighted by molar-refractivity contribution is -0.170. The van der Waals surface area contributed by atoms with E-state index in [9.17, 15) is 4.79 Å². The van der Waals surface area contributed by atoms with Gasteiger partial charge in [0, 0.05) is 25.7 Å². The van der Waals surface area contributed by atoms with Crippen LogP contribution in [-0.2, 0) is 4.79 Å². The zero-order valence-electron chi connectivity index (χ0n) is 13.8. The summed E-state index contributed by atoms with van der Waals surface area (Å²) in [4.78, 5) is 17.3. The fourth-order valence-corrected chi connectivity index (χ4v) is 3.85. The van der Waals surface area contributed by atoms with Gasteiger partial charge in [0.25, 0.3) is 0 Å².